The minimum absolute atomic E-state index is 0.323. The van der Waals surface area contributed by atoms with Gasteiger partial charge in [-0.05, 0) is 52.7 Å². The van der Waals surface area contributed by atoms with Crippen LogP contribution in [0.2, 0.25) is 0 Å². The Kier molecular flexibility index (Phi) is 2.96. The van der Waals surface area contributed by atoms with Crippen LogP contribution < -0.4 is 21.3 Å². The highest BCUT2D eigenvalue weighted by atomic mass is 15.2. The Morgan fingerprint density at radius 1 is 0.556 bits per heavy atom. The fourth-order valence-electron chi connectivity index (χ4n) is 4.90. The maximum atomic E-state index is 2.45. The number of fused-ring (bicyclic) bond motifs is 5. The van der Waals surface area contributed by atoms with Gasteiger partial charge in [0, 0.05) is 17.1 Å². The van der Waals surface area contributed by atoms with E-state index in [1.165, 1.54) is 50.1 Å². The predicted molar refractivity (Wildman–Crippen MR) is 116 cm³/mol. The summed E-state index contributed by atoms with van der Waals surface area (Å²) in [5.74, 6) is 0. The topological polar surface area (TPSA) is 3.24 Å². The Bertz CT molecular complexity index is 1210. The Hall–Kier alpha value is -3.26. The summed E-state index contributed by atoms with van der Waals surface area (Å²) >= 11 is 0. The molecule has 0 N–H and O–H groups in total. The van der Waals surface area contributed by atoms with Crippen LogP contribution in [0.4, 0.5) is 17.1 Å². The number of hydrogen-bond donors (Lipinski definition) is 0. The van der Waals surface area contributed by atoms with Gasteiger partial charge in [0.2, 0.25) is 6.71 Å². The molecule has 0 atom stereocenters. The van der Waals surface area contributed by atoms with Gasteiger partial charge in [0.15, 0.2) is 0 Å². The minimum atomic E-state index is 0.323. The average molecular weight is 343 g/mol. The second-order valence-corrected chi connectivity index (χ2v) is 7.44. The molecule has 0 bridgehead atoms. The lowest BCUT2D eigenvalue weighted by Crippen LogP contribution is -2.54. The first-order chi connectivity index (χ1) is 13.3. The van der Waals surface area contributed by atoms with E-state index in [1.807, 2.05) is 0 Å². The summed E-state index contributed by atoms with van der Waals surface area (Å²) in [7, 11) is 0. The highest BCUT2D eigenvalue weighted by Crippen LogP contribution is 2.40. The molecule has 0 unspecified atom stereocenters. The zero-order chi connectivity index (χ0) is 18.0. The number of benzene rings is 4. The second-order valence-electron chi connectivity index (χ2n) is 7.44. The largest absolute Gasteiger partial charge is 0.311 e. The van der Waals surface area contributed by atoms with E-state index >= 15 is 0 Å². The molecule has 0 aromatic heterocycles. The van der Waals surface area contributed by atoms with E-state index in [0.717, 1.165) is 0 Å². The molecule has 4 aromatic rings. The molecule has 1 nitrogen and oxygen atoms in total. The molecule has 0 saturated heterocycles. The van der Waals surface area contributed by atoms with E-state index in [9.17, 15) is 0 Å². The third-order valence-corrected chi connectivity index (χ3v) is 6.02. The average Bonchev–Trinajstić information content (AvgIpc) is 3.06. The molecule has 0 radical (unpaired) electrons. The molecule has 0 spiro atoms. The second kappa shape index (κ2) is 5.37. The first-order valence-electron chi connectivity index (χ1n) is 9.51. The molecule has 0 aliphatic carbocycles. The molecule has 2 heterocycles. The van der Waals surface area contributed by atoms with Crippen molar-refractivity contribution in [1.82, 2.24) is 0 Å². The first-order valence-corrected chi connectivity index (χ1v) is 9.51. The molecule has 6 rings (SSSR count). The van der Waals surface area contributed by atoms with Crippen LogP contribution in [0.25, 0.3) is 11.1 Å². The van der Waals surface area contributed by atoms with E-state index in [1.54, 1.807) is 0 Å². The summed E-state index contributed by atoms with van der Waals surface area (Å²) in [4.78, 5) is 2.45. The Balaban J connectivity index is 1.74. The third-order valence-electron chi connectivity index (χ3n) is 6.02. The summed E-state index contributed by atoms with van der Waals surface area (Å²) < 4.78 is 0. The molecule has 2 aliphatic rings. The van der Waals surface area contributed by atoms with Crippen LogP contribution in [0.1, 0.15) is 5.56 Å². The van der Waals surface area contributed by atoms with Gasteiger partial charge < -0.3 is 4.90 Å². The van der Waals surface area contributed by atoms with Gasteiger partial charge in [0.05, 0.1) is 0 Å². The molecule has 2 heteroatoms. The van der Waals surface area contributed by atoms with Gasteiger partial charge in [-0.25, -0.2) is 0 Å². The van der Waals surface area contributed by atoms with E-state index in [0.29, 0.717) is 6.71 Å². The molecule has 0 amide bonds. The zero-order valence-electron chi connectivity index (χ0n) is 15.2. The lowest BCUT2D eigenvalue weighted by molar-refractivity contribution is 1.26. The first kappa shape index (κ1) is 14.9. The van der Waals surface area contributed by atoms with Crippen molar-refractivity contribution < 1.29 is 0 Å². The van der Waals surface area contributed by atoms with E-state index < -0.39 is 0 Å². The quantitative estimate of drug-likeness (QED) is 0.403. The number of nitrogens with zero attached hydrogens (tertiary/aromatic N) is 1. The molecule has 4 aromatic carbocycles. The molecule has 27 heavy (non-hydrogen) atoms. The Morgan fingerprint density at radius 3 is 2.04 bits per heavy atom. The summed E-state index contributed by atoms with van der Waals surface area (Å²) in [6.07, 6.45) is 0. The number of rotatable bonds is 1. The standard InChI is InChI=1S/C25H18BN/c1-17-9-2-6-14-22(17)27-23-15-7-5-13-21(23)26-20-12-4-3-10-18(20)19-11-8-16-24(27)25(19)26/h2-16H,1H3. The van der Waals surface area contributed by atoms with Crippen molar-refractivity contribution in [2.24, 2.45) is 0 Å². The summed E-state index contributed by atoms with van der Waals surface area (Å²) in [6, 6.07) is 33.2. The highest BCUT2D eigenvalue weighted by Gasteiger charge is 2.41. The van der Waals surface area contributed by atoms with Crippen LogP contribution in [-0.2, 0) is 0 Å². The van der Waals surface area contributed by atoms with Crippen molar-refractivity contribution in [3.05, 3.63) is 96.6 Å². The maximum absolute atomic E-state index is 2.45. The van der Waals surface area contributed by atoms with Crippen LogP contribution in [0, 0.1) is 6.92 Å². The van der Waals surface area contributed by atoms with E-state index in [-0.39, 0.29) is 0 Å². The van der Waals surface area contributed by atoms with Gasteiger partial charge >= 0.3 is 0 Å². The Morgan fingerprint density at radius 2 is 1.19 bits per heavy atom. The van der Waals surface area contributed by atoms with E-state index in [2.05, 4.69) is 103 Å². The highest BCUT2D eigenvalue weighted by molar-refractivity contribution is 7.01. The Labute approximate surface area is 160 Å². The van der Waals surface area contributed by atoms with E-state index in [4.69, 9.17) is 0 Å². The van der Waals surface area contributed by atoms with Gasteiger partial charge in [-0.2, -0.15) is 0 Å². The molecule has 2 aliphatic heterocycles. The smallest absolute Gasteiger partial charge is 0.248 e. The van der Waals surface area contributed by atoms with Crippen molar-refractivity contribution >= 4 is 40.2 Å². The van der Waals surface area contributed by atoms with Gasteiger partial charge in [-0.1, -0.05) is 78.3 Å². The predicted octanol–water partition coefficient (Wildman–Crippen LogP) is 4.27. The van der Waals surface area contributed by atoms with Gasteiger partial charge in [-0.15, -0.1) is 0 Å². The lowest BCUT2D eigenvalue weighted by atomic mass is 9.37. The number of anilines is 3. The monoisotopic (exact) mass is 343 g/mol. The normalized spacial score (nSPS) is 13.2. The SMILES string of the molecule is Cc1ccccc1N1c2ccccc2B2c3ccccc3-c3cccc1c32. The third kappa shape index (κ3) is 1.90. The number of para-hydroxylation sites is 2. The molecular weight excluding hydrogens is 325 g/mol. The van der Waals surface area contributed by atoms with Crippen LogP contribution in [0.15, 0.2) is 91.0 Å². The summed E-state index contributed by atoms with van der Waals surface area (Å²) in [6.45, 7) is 2.52. The van der Waals surface area contributed by atoms with Crippen LogP contribution in [0.3, 0.4) is 0 Å². The zero-order valence-corrected chi connectivity index (χ0v) is 15.2. The fourth-order valence-corrected chi connectivity index (χ4v) is 4.90. The van der Waals surface area contributed by atoms with Crippen LogP contribution >= 0.6 is 0 Å². The van der Waals surface area contributed by atoms with Crippen molar-refractivity contribution in [2.75, 3.05) is 4.90 Å². The molecule has 126 valence electrons. The van der Waals surface area contributed by atoms with Crippen molar-refractivity contribution in [3.8, 4) is 11.1 Å². The van der Waals surface area contributed by atoms with Gasteiger partial charge in [-0.3, -0.25) is 0 Å². The summed E-state index contributed by atoms with van der Waals surface area (Å²) in [5.41, 5.74) is 12.2. The molecule has 0 saturated carbocycles. The van der Waals surface area contributed by atoms with Crippen molar-refractivity contribution in [1.29, 1.82) is 0 Å². The maximum Gasteiger partial charge on any atom is 0.248 e. The van der Waals surface area contributed by atoms with Crippen LogP contribution in [0.5, 0.6) is 0 Å². The number of aryl methyl sites for hydroxylation is 1. The molecular formula is C25H18BN. The van der Waals surface area contributed by atoms with Crippen molar-refractivity contribution in [3.63, 3.8) is 0 Å². The molecule has 0 fully saturated rings. The minimum Gasteiger partial charge on any atom is -0.311 e. The fraction of sp³-hybridized carbons (Fsp3) is 0.0400. The summed E-state index contributed by atoms with van der Waals surface area (Å²) in [5, 5.41) is 0. The van der Waals surface area contributed by atoms with Gasteiger partial charge in [0.25, 0.3) is 0 Å². The van der Waals surface area contributed by atoms with Crippen molar-refractivity contribution in [2.45, 2.75) is 6.92 Å². The number of hydrogen-bond acceptors (Lipinski definition) is 1. The van der Waals surface area contributed by atoms with Gasteiger partial charge in [0.1, 0.15) is 0 Å². The lowest BCUT2D eigenvalue weighted by Gasteiger charge is -2.36. The van der Waals surface area contributed by atoms with Crippen LogP contribution in [-0.4, -0.2) is 6.71 Å².